The summed E-state index contributed by atoms with van der Waals surface area (Å²) >= 11 is 0. The molecule has 10 heteroatoms. The van der Waals surface area contributed by atoms with Gasteiger partial charge in [0.25, 0.3) is 6.43 Å². The summed E-state index contributed by atoms with van der Waals surface area (Å²) in [6, 6.07) is 13.6. The number of nitrogens with zero attached hydrogens (tertiary/aromatic N) is 1. The number of rotatable bonds is 9. The molecule has 1 heterocycles. The Morgan fingerprint density at radius 2 is 1.68 bits per heavy atom. The standard InChI is InChI=1S/C22H19F5N2O.C2H4O2/c1-28-12-14-4-2-13(3-5-14)10-16-7-9-19(30-22(26)27)20(29-16)15-6-8-18(23)17(11-15)21(24)25;3-1-2-4/h2-9,11,21-22,28H,10,12H2,1H3;1,4H,2H2. The Kier molecular flexibility index (Phi) is 10.6. The highest BCUT2D eigenvalue weighted by Gasteiger charge is 2.19. The SMILES string of the molecule is CNCc1ccc(Cc2ccc(OC(F)F)c(-c3ccc(F)c(C(F)F)c3)n2)cc1.O=CCO. The van der Waals surface area contributed by atoms with Crippen LogP contribution in [0, 0.1) is 5.82 Å². The number of halogens is 5. The van der Waals surface area contributed by atoms with Gasteiger partial charge in [0.15, 0.2) is 5.75 Å². The van der Waals surface area contributed by atoms with Crippen LogP contribution in [0.4, 0.5) is 22.0 Å². The molecule has 5 nitrogen and oxygen atoms in total. The van der Waals surface area contributed by atoms with Gasteiger partial charge in [-0.05, 0) is 48.5 Å². The zero-order valence-corrected chi connectivity index (χ0v) is 18.2. The number of hydrogen-bond acceptors (Lipinski definition) is 5. The number of aliphatic hydroxyl groups excluding tert-OH is 1. The van der Waals surface area contributed by atoms with E-state index >= 15 is 0 Å². The number of carbonyl (C=O) groups excluding carboxylic acids is 1. The van der Waals surface area contributed by atoms with Crippen molar-refractivity contribution in [3.8, 4) is 17.0 Å². The quantitative estimate of drug-likeness (QED) is 0.335. The maximum absolute atomic E-state index is 13.6. The fraction of sp³-hybridized carbons (Fsp3) is 0.250. The minimum absolute atomic E-state index is 0.0542. The first kappa shape index (κ1) is 26.9. The summed E-state index contributed by atoms with van der Waals surface area (Å²) in [6.45, 7) is -2.76. The Hall–Kier alpha value is -3.37. The number of ether oxygens (including phenoxy) is 1. The minimum Gasteiger partial charge on any atom is -0.432 e. The smallest absolute Gasteiger partial charge is 0.387 e. The summed E-state index contributed by atoms with van der Waals surface area (Å²) in [7, 11) is 1.84. The van der Waals surface area contributed by atoms with E-state index < -0.39 is 24.4 Å². The lowest BCUT2D eigenvalue weighted by Crippen LogP contribution is -2.06. The summed E-state index contributed by atoms with van der Waals surface area (Å²) in [5.41, 5.74) is 1.73. The molecule has 0 aliphatic heterocycles. The molecule has 2 aromatic carbocycles. The molecule has 34 heavy (non-hydrogen) atoms. The molecule has 0 amide bonds. The number of benzene rings is 2. The fourth-order valence-corrected chi connectivity index (χ4v) is 3.03. The Labute approximate surface area is 193 Å². The van der Waals surface area contributed by atoms with Gasteiger partial charge in [-0.3, -0.25) is 0 Å². The second-order valence-electron chi connectivity index (χ2n) is 6.94. The van der Waals surface area contributed by atoms with Gasteiger partial charge in [-0.2, -0.15) is 8.78 Å². The van der Waals surface area contributed by atoms with E-state index in [0.717, 1.165) is 29.8 Å². The van der Waals surface area contributed by atoms with Crippen molar-refractivity contribution in [2.75, 3.05) is 13.7 Å². The number of alkyl halides is 4. The van der Waals surface area contributed by atoms with Crippen LogP contribution in [-0.2, 0) is 17.8 Å². The number of carbonyl (C=O) groups is 1. The van der Waals surface area contributed by atoms with Crippen LogP contribution in [0.1, 0.15) is 28.8 Å². The first-order valence-electron chi connectivity index (χ1n) is 10.1. The van der Waals surface area contributed by atoms with E-state index in [1.807, 2.05) is 31.3 Å². The third-order valence-corrected chi connectivity index (χ3v) is 4.50. The Morgan fingerprint density at radius 3 is 2.24 bits per heavy atom. The molecule has 0 bridgehead atoms. The van der Waals surface area contributed by atoms with E-state index in [9.17, 15) is 22.0 Å². The highest BCUT2D eigenvalue weighted by Crippen LogP contribution is 2.33. The van der Waals surface area contributed by atoms with Gasteiger partial charge in [0.05, 0.1) is 12.2 Å². The van der Waals surface area contributed by atoms with Crippen LogP contribution in [0.5, 0.6) is 5.75 Å². The van der Waals surface area contributed by atoms with Crippen LogP contribution >= 0.6 is 0 Å². The lowest BCUT2D eigenvalue weighted by molar-refractivity contribution is -0.110. The highest BCUT2D eigenvalue weighted by molar-refractivity contribution is 5.67. The molecule has 0 saturated carbocycles. The molecule has 0 atom stereocenters. The van der Waals surface area contributed by atoms with Crippen molar-refractivity contribution in [1.82, 2.24) is 10.3 Å². The molecule has 0 saturated heterocycles. The van der Waals surface area contributed by atoms with E-state index in [-0.39, 0.29) is 23.6 Å². The van der Waals surface area contributed by atoms with Crippen molar-refractivity contribution in [1.29, 1.82) is 0 Å². The predicted octanol–water partition coefficient (Wildman–Crippen LogP) is 4.91. The number of pyridine rings is 1. The molecular formula is C24H23F5N2O3. The largest absolute Gasteiger partial charge is 0.432 e. The van der Waals surface area contributed by atoms with Crippen molar-refractivity contribution < 1.29 is 36.6 Å². The molecule has 0 aliphatic rings. The van der Waals surface area contributed by atoms with Gasteiger partial charge in [-0.25, -0.2) is 18.2 Å². The summed E-state index contributed by atoms with van der Waals surface area (Å²) in [5.74, 6) is -1.35. The monoisotopic (exact) mass is 482 g/mol. The second kappa shape index (κ2) is 13.4. The van der Waals surface area contributed by atoms with E-state index in [2.05, 4.69) is 15.0 Å². The Balaban J connectivity index is 0.000000945. The van der Waals surface area contributed by atoms with Crippen molar-refractivity contribution in [2.45, 2.75) is 26.0 Å². The molecule has 0 spiro atoms. The zero-order valence-electron chi connectivity index (χ0n) is 18.2. The molecule has 3 rings (SSSR count). The summed E-state index contributed by atoms with van der Waals surface area (Å²) in [4.78, 5) is 13.3. The van der Waals surface area contributed by atoms with Gasteiger partial charge >= 0.3 is 6.61 Å². The van der Waals surface area contributed by atoms with Crippen LogP contribution in [-0.4, -0.2) is 36.6 Å². The lowest BCUT2D eigenvalue weighted by Gasteiger charge is -2.13. The molecule has 3 aromatic rings. The maximum atomic E-state index is 13.6. The Bertz CT molecular complexity index is 1060. The van der Waals surface area contributed by atoms with Crippen molar-refractivity contribution in [3.63, 3.8) is 0 Å². The predicted molar refractivity (Wildman–Crippen MR) is 116 cm³/mol. The molecule has 2 N–H and O–H groups in total. The van der Waals surface area contributed by atoms with E-state index in [1.165, 1.54) is 18.2 Å². The zero-order chi connectivity index (χ0) is 25.1. The van der Waals surface area contributed by atoms with Crippen LogP contribution in [0.2, 0.25) is 0 Å². The van der Waals surface area contributed by atoms with Crippen LogP contribution in [0.3, 0.4) is 0 Å². The normalized spacial score (nSPS) is 10.7. The first-order valence-corrected chi connectivity index (χ1v) is 10.1. The average Bonchev–Trinajstić information content (AvgIpc) is 2.81. The Morgan fingerprint density at radius 1 is 1.03 bits per heavy atom. The molecule has 0 unspecified atom stereocenters. The van der Waals surface area contributed by atoms with E-state index in [0.29, 0.717) is 18.4 Å². The topological polar surface area (TPSA) is 71.5 Å². The van der Waals surface area contributed by atoms with Gasteiger partial charge in [-0.15, -0.1) is 0 Å². The number of hydrogen-bond donors (Lipinski definition) is 2. The summed E-state index contributed by atoms with van der Waals surface area (Å²) in [6.07, 6.45) is -2.23. The van der Waals surface area contributed by atoms with Gasteiger partial charge in [-0.1, -0.05) is 24.3 Å². The first-order chi connectivity index (χ1) is 16.3. The summed E-state index contributed by atoms with van der Waals surface area (Å²) < 4.78 is 69.9. The van der Waals surface area contributed by atoms with Gasteiger partial charge < -0.3 is 20.0 Å². The highest BCUT2D eigenvalue weighted by atomic mass is 19.3. The third-order valence-electron chi connectivity index (χ3n) is 4.50. The third kappa shape index (κ3) is 7.89. The van der Waals surface area contributed by atoms with Crippen LogP contribution < -0.4 is 10.1 Å². The van der Waals surface area contributed by atoms with Gasteiger partial charge in [0.1, 0.15) is 17.8 Å². The maximum Gasteiger partial charge on any atom is 0.387 e. The molecule has 0 radical (unpaired) electrons. The lowest BCUT2D eigenvalue weighted by atomic mass is 10.0. The number of aliphatic hydroxyl groups is 1. The number of aldehydes is 1. The van der Waals surface area contributed by atoms with Crippen molar-refractivity contribution in [2.24, 2.45) is 0 Å². The number of nitrogens with one attached hydrogen (secondary N) is 1. The van der Waals surface area contributed by atoms with Crippen LogP contribution in [0.25, 0.3) is 11.3 Å². The van der Waals surface area contributed by atoms with Crippen molar-refractivity contribution in [3.05, 3.63) is 82.8 Å². The van der Waals surface area contributed by atoms with Crippen molar-refractivity contribution >= 4 is 6.29 Å². The minimum atomic E-state index is -3.12. The molecule has 182 valence electrons. The van der Waals surface area contributed by atoms with Gasteiger partial charge in [0, 0.05) is 24.2 Å². The average molecular weight is 482 g/mol. The molecule has 0 aliphatic carbocycles. The van der Waals surface area contributed by atoms with E-state index in [1.54, 1.807) is 0 Å². The molecule has 0 fully saturated rings. The molecular weight excluding hydrogens is 459 g/mol. The number of aromatic nitrogens is 1. The second-order valence-corrected chi connectivity index (χ2v) is 6.94. The fourth-order valence-electron chi connectivity index (χ4n) is 3.03. The summed E-state index contributed by atoms with van der Waals surface area (Å²) in [5, 5.41) is 10.6. The van der Waals surface area contributed by atoms with Crippen LogP contribution in [0.15, 0.2) is 54.6 Å². The van der Waals surface area contributed by atoms with E-state index in [4.69, 9.17) is 9.90 Å². The van der Waals surface area contributed by atoms with Gasteiger partial charge in [0.2, 0.25) is 0 Å². The molecule has 1 aromatic heterocycles.